The maximum Gasteiger partial charge on any atom is 0.226 e. The van der Waals surface area contributed by atoms with Gasteiger partial charge < -0.3 is 4.90 Å². The Morgan fingerprint density at radius 1 is 1.47 bits per heavy atom. The molecule has 2 nitrogen and oxygen atoms in total. The van der Waals surface area contributed by atoms with Gasteiger partial charge in [-0.3, -0.25) is 4.79 Å². The number of carbonyl (C=O) groups excluding carboxylic acids is 1. The average molecular weight is 232 g/mol. The van der Waals surface area contributed by atoms with Crippen molar-refractivity contribution in [2.45, 2.75) is 39.5 Å². The summed E-state index contributed by atoms with van der Waals surface area (Å²) in [7, 11) is 0. The van der Waals surface area contributed by atoms with Crippen molar-refractivity contribution in [1.29, 1.82) is 0 Å². The van der Waals surface area contributed by atoms with Crippen LogP contribution >= 0.6 is 11.6 Å². The van der Waals surface area contributed by atoms with Crippen LogP contribution in [0.5, 0.6) is 0 Å². The summed E-state index contributed by atoms with van der Waals surface area (Å²) < 4.78 is 0. The summed E-state index contributed by atoms with van der Waals surface area (Å²) >= 11 is 5.70. The zero-order valence-corrected chi connectivity index (χ0v) is 10.6. The third-order valence-electron chi connectivity index (χ3n) is 3.28. The predicted octanol–water partition coefficient (Wildman–Crippen LogP) is 2.90. The number of halogens is 1. The minimum absolute atomic E-state index is 0.0191. The molecule has 0 aromatic carbocycles. The van der Waals surface area contributed by atoms with Gasteiger partial charge in [-0.15, -0.1) is 11.6 Å². The second kappa shape index (κ2) is 6.37. The summed E-state index contributed by atoms with van der Waals surface area (Å²) in [6.07, 6.45) is 4.92. The first-order valence-corrected chi connectivity index (χ1v) is 6.57. The SMILES string of the molecule is CCCC1CCN(C(=O)C(C)CCl)CC1. The van der Waals surface area contributed by atoms with Gasteiger partial charge in [0.25, 0.3) is 0 Å². The van der Waals surface area contributed by atoms with Crippen molar-refractivity contribution >= 4 is 17.5 Å². The van der Waals surface area contributed by atoms with E-state index in [9.17, 15) is 4.79 Å². The molecule has 0 aromatic heterocycles. The molecule has 0 aromatic rings. The number of nitrogens with zero attached hydrogens (tertiary/aromatic N) is 1. The molecule has 0 spiro atoms. The second-order valence-corrected chi connectivity index (χ2v) is 4.92. The highest BCUT2D eigenvalue weighted by Gasteiger charge is 2.24. The molecule has 0 N–H and O–H groups in total. The van der Waals surface area contributed by atoms with Gasteiger partial charge in [-0.2, -0.15) is 0 Å². The number of hydrogen-bond acceptors (Lipinski definition) is 1. The molecule has 1 aliphatic rings. The highest BCUT2D eigenvalue weighted by Crippen LogP contribution is 2.22. The van der Waals surface area contributed by atoms with Crippen LogP contribution in [-0.4, -0.2) is 29.8 Å². The number of piperidine rings is 1. The van der Waals surface area contributed by atoms with Crippen LogP contribution in [0.4, 0.5) is 0 Å². The maximum absolute atomic E-state index is 11.8. The van der Waals surface area contributed by atoms with E-state index in [0.29, 0.717) is 5.88 Å². The maximum atomic E-state index is 11.8. The van der Waals surface area contributed by atoms with Crippen LogP contribution in [0.3, 0.4) is 0 Å². The van der Waals surface area contributed by atoms with Gasteiger partial charge in [-0.05, 0) is 18.8 Å². The van der Waals surface area contributed by atoms with E-state index in [1.165, 1.54) is 25.7 Å². The fourth-order valence-corrected chi connectivity index (χ4v) is 2.36. The zero-order valence-electron chi connectivity index (χ0n) is 9.84. The van der Waals surface area contributed by atoms with E-state index < -0.39 is 0 Å². The normalized spacial score (nSPS) is 20.3. The Morgan fingerprint density at radius 3 is 2.53 bits per heavy atom. The summed E-state index contributed by atoms with van der Waals surface area (Å²) in [5, 5.41) is 0. The number of rotatable bonds is 4. The van der Waals surface area contributed by atoms with Crippen molar-refractivity contribution < 1.29 is 4.79 Å². The molecule has 0 aliphatic carbocycles. The van der Waals surface area contributed by atoms with Crippen molar-refractivity contribution in [1.82, 2.24) is 4.90 Å². The van der Waals surface area contributed by atoms with Gasteiger partial charge in [0.1, 0.15) is 0 Å². The number of amides is 1. The summed E-state index contributed by atoms with van der Waals surface area (Å²) in [6, 6.07) is 0. The molecule has 1 fully saturated rings. The lowest BCUT2D eigenvalue weighted by Crippen LogP contribution is -2.41. The van der Waals surface area contributed by atoms with E-state index in [1.807, 2.05) is 11.8 Å². The lowest BCUT2D eigenvalue weighted by Gasteiger charge is -2.33. The molecule has 1 heterocycles. The molecule has 0 saturated carbocycles. The number of hydrogen-bond donors (Lipinski definition) is 0. The number of alkyl halides is 1. The summed E-state index contributed by atoms with van der Waals surface area (Å²) in [5.74, 6) is 1.49. The largest absolute Gasteiger partial charge is 0.342 e. The predicted molar refractivity (Wildman–Crippen MR) is 64.1 cm³/mol. The molecular formula is C12H22ClNO. The van der Waals surface area contributed by atoms with Crippen LogP contribution in [0.15, 0.2) is 0 Å². The molecular weight excluding hydrogens is 210 g/mol. The van der Waals surface area contributed by atoms with Gasteiger partial charge in [-0.25, -0.2) is 0 Å². The first-order chi connectivity index (χ1) is 7.19. The van der Waals surface area contributed by atoms with Crippen LogP contribution < -0.4 is 0 Å². The van der Waals surface area contributed by atoms with Crippen molar-refractivity contribution in [2.75, 3.05) is 19.0 Å². The second-order valence-electron chi connectivity index (χ2n) is 4.61. The zero-order chi connectivity index (χ0) is 11.3. The van der Waals surface area contributed by atoms with Crippen molar-refractivity contribution in [3.63, 3.8) is 0 Å². The molecule has 1 aliphatic heterocycles. The van der Waals surface area contributed by atoms with Crippen molar-refractivity contribution in [2.24, 2.45) is 11.8 Å². The first kappa shape index (κ1) is 12.8. The summed E-state index contributed by atoms with van der Waals surface area (Å²) in [5.41, 5.74) is 0. The summed E-state index contributed by atoms with van der Waals surface area (Å²) in [4.78, 5) is 13.8. The lowest BCUT2D eigenvalue weighted by atomic mass is 9.92. The molecule has 15 heavy (non-hydrogen) atoms. The van der Waals surface area contributed by atoms with E-state index in [1.54, 1.807) is 0 Å². The molecule has 1 saturated heterocycles. The van der Waals surface area contributed by atoms with Gasteiger partial charge in [-0.1, -0.05) is 26.7 Å². The molecule has 1 rings (SSSR count). The highest BCUT2D eigenvalue weighted by atomic mass is 35.5. The van der Waals surface area contributed by atoms with Crippen LogP contribution in [0.2, 0.25) is 0 Å². The van der Waals surface area contributed by atoms with Gasteiger partial charge in [0.2, 0.25) is 5.91 Å². The third kappa shape index (κ3) is 3.67. The Hall–Kier alpha value is -0.240. The number of likely N-dealkylation sites (tertiary alicyclic amines) is 1. The van der Waals surface area contributed by atoms with Crippen LogP contribution in [0.25, 0.3) is 0 Å². The van der Waals surface area contributed by atoms with Gasteiger partial charge in [0.15, 0.2) is 0 Å². The van der Waals surface area contributed by atoms with Gasteiger partial charge >= 0.3 is 0 Å². The molecule has 3 heteroatoms. The first-order valence-electron chi connectivity index (χ1n) is 6.03. The van der Waals surface area contributed by atoms with E-state index in [0.717, 1.165) is 19.0 Å². The van der Waals surface area contributed by atoms with E-state index in [-0.39, 0.29) is 11.8 Å². The molecule has 0 bridgehead atoms. The van der Waals surface area contributed by atoms with Crippen LogP contribution in [0.1, 0.15) is 39.5 Å². The fraction of sp³-hybridized carbons (Fsp3) is 0.917. The quantitative estimate of drug-likeness (QED) is 0.682. The molecule has 0 radical (unpaired) electrons. The fourth-order valence-electron chi connectivity index (χ4n) is 2.23. The Labute approximate surface area is 98.0 Å². The Balaban J connectivity index is 2.33. The van der Waals surface area contributed by atoms with Crippen molar-refractivity contribution in [3.8, 4) is 0 Å². The van der Waals surface area contributed by atoms with E-state index in [2.05, 4.69) is 6.92 Å². The average Bonchev–Trinajstić information content (AvgIpc) is 2.28. The Bertz CT molecular complexity index is 200. The van der Waals surface area contributed by atoms with Crippen molar-refractivity contribution in [3.05, 3.63) is 0 Å². The van der Waals surface area contributed by atoms with Gasteiger partial charge in [0, 0.05) is 24.9 Å². The Kier molecular flexibility index (Phi) is 5.44. The van der Waals surface area contributed by atoms with Crippen LogP contribution in [0, 0.1) is 11.8 Å². The highest BCUT2D eigenvalue weighted by molar-refractivity contribution is 6.19. The van der Waals surface area contributed by atoms with Crippen LogP contribution in [-0.2, 0) is 4.79 Å². The minimum atomic E-state index is -0.0191. The summed E-state index contributed by atoms with van der Waals surface area (Å²) in [6.45, 7) is 6.01. The van der Waals surface area contributed by atoms with E-state index >= 15 is 0 Å². The lowest BCUT2D eigenvalue weighted by molar-refractivity contribution is -0.135. The molecule has 1 amide bonds. The standard InChI is InChI=1S/C12H22ClNO/c1-3-4-11-5-7-14(8-6-11)12(15)10(2)9-13/h10-11H,3-9H2,1-2H3. The molecule has 88 valence electrons. The molecule has 1 unspecified atom stereocenters. The smallest absolute Gasteiger partial charge is 0.226 e. The Morgan fingerprint density at radius 2 is 2.07 bits per heavy atom. The topological polar surface area (TPSA) is 20.3 Å². The monoisotopic (exact) mass is 231 g/mol. The van der Waals surface area contributed by atoms with E-state index in [4.69, 9.17) is 11.6 Å². The number of carbonyl (C=O) groups is 1. The minimum Gasteiger partial charge on any atom is -0.342 e. The molecule has 1 atom stereocenters. The van der Waals surface area contributed by atoms with Gasteiger partial charge in [0.05, 0.1) is 0 Å². The third-order valence-corrected chi connectivity index (χ3v) is 3.74.